The molecule has 10 heteroatoms. The first-order valence-corrected chi connectivity index (χ1v) is 12.0. The van der Waals surface area contributed by atoms with Crippen molar-refractivity contribution in [1.82, 2.24) is 25.3 Å². The maximum Gasteiger partial charge on any atom is 0.205 e. The summed E-state index contributed by atoms with van der Waals surface area (Å²) in [7, 11) is 1.65. The van der Waals surface area contributed by atoms with Crippen molar-refractivity contribution in [2.45, 2.75) is 31.3 Å². The number of anilines is 2. The molecule has 33 heavy (non-hydrogen) atoms. The summed E-state index contributed by atoms with van der Waals surface area (Å²) in [6.07, 6.45) is 4.05. The number of aromatic nitrogens is 4. The largest absolute Gasteiger partial charge is 0.497 e. The first-order valence-electron chi connectivity index (χ1n) is 11.2. The molecule has 0 bridgehead atoms. The lowest BCUT2D eigenvalue weighted by Gasteiger charge is -2.37. The second kappa shape index (κ2) is 9.80. The average molecular weight is 466 g/mol. The molecule has 3 aromatic rings. The van der Waals surface area contributed by atoms with Crippen LogP contribution in [0.25, 0.3) is 0 Å². The van der Waals surface area contributed by atoms with Crippen LogP contribution in [0.5, 0.6) is 5.75 Å². The Balaban J connectivity index is 1.22. The van der Waals surface area contributed by atoms with E-state index in [1.54, 1.807) is 13.3 Å². The summed E-state index contributed by atoms with van der Waals surface area (Å²) < 4.78 is 5.37. The highest BCUT2D eigenvalue weighted by Gasteiger charge is 2.32. The summed E-state index contributed by atoms with van der Waals surface area (Å²) in [6.45, 7) is 3.61. The fraction of sp³-hybridized carbons (Fsp3) is 0.435. The van der Waals surface area contributed by atoms with Crippen molar-refractivity contribution in [2.75, 3.05) is 43.5 Å². The van der Waals surface area contributed by atoms with Gasteiger partial charge in [0.1, 0.15) is 10.8 Å². The van der Waals surface area contributed by atoms with Crippen LogP contribution in [0.1, 0.15) is 29.5 Å². The highest BCUT2D eigenvalue weighted by Crippen LogP contribution is 2.31. The summed E-state index contributed by atoms with van der Waals surface area (Å²) in [5, 5.41) is 21.7. The lowest BCUT2D eigenvalue weighted by molar-refractivity contribution is -0.125. The van der Waals surface area contributed by atoms with Gasteiger partial charge in [0.15, 0.2) is 11.6 Å². The topological polar surface area (TPSA) is 96.4 Å². The summed E-state index contributed by atoms with van der Waals surface area (Å²) >= 11 is 1.46. The van der Waals surface area contributed by atoms with Gasteiger partial charge in [0.05, 0.1) is 19.6 Å². The van der Waals surface area contributed by atoms with Gasteiger partial charge in [-0.15, -0.1) is 15.3 Å². The number of benzene rings is 1. The molecule has 0 spiro atoms. The van der Waals surface area contributed by atoms with Gasteiger partial charge in [0, 0.05) is 38.4 Å². The molecule has 0 amide bonds. The van der Waals surface area contributed by atoms with E-state index >= 15 is 0 Å². The van der Waals surface area contributed by atoms with E-state index < -0.39 is 0 Å². The SMILES string of the molecule is COc1cccc([C@@H](C(=O)Cc2nnc(N[C@@H]3CCN(c4cccnn4)C3)s2)N2CCC2)c1. The molecule has 1 N–H and O–H groups in total. The first kappa shape index (κ1) is 21.7. The van der Waals surface area contributed by atoms with Crippen LogP contribution in [0.2, 0.25) is 0 Å². The van der Waals surface area contributed by atoms with Gasteiger partial charge in [-0.05, 0) is 42.7 Å². The van der Waals surface area contributed by atoms with Crippen LogP contribution in [0.3, 0.4) is 0 Å². The highest BCUT2D eigenvalue weighted by molar-refractivity contribution is 7.15. The maximum atomic E-state index is 13.3. The van der Waals surface area contributed by atoms with E-state index in [0.717, 1.165) is 66.3 Å². The molecule has 9 nitrogen and oxygen atoms in total. The van der Waals surface area contributed by atoms with Crippen LogP contribution < -0.4 is 15.0 Å². The Morgan fingerprint density at radius 3 is 2.88 bits per heavy atom. The molecule has 5 rings (SSSR count). The Bertz CT molecular complexity index is 1090. The number of Topliss-reactive ketones (excluding diaryl/α,β-unsaturated/α-hetero) is 1. The smallest absolute Gasteiger partial charge is 0.205 e. The first-order chi connectivity index (χ1) is 16.2. The van der Waals surface area contributed by atoms with Crippen molar-refractivity contribution in [3.63, 3.8) is 0 Å². The number of ether oxygens (including phenoxy) is 1. The predicted octanol–water partition coefficient (Wildman–Crippen LogP) is 2.59. The minimum Gasteiger partial charge on any atom is -0.497 e. The number of hydrogen-bond donors (Lipinski definition) is 1. The van der Waals surface area contributed by atoms with Gasteiger partial charge >= 0.3 is 0 Å². The zero-order chi connectivity index (χ0) is 22.6. The van der Waals surface area contributed by atoms with E-state index in [2.05, 4.69) is 35.5 Å². The number of ketones is 1. The van der Waals surface area contributed by atoms with Crippen LogP contribution in [-0.4, -0.2) is 70.4 Å². The Hall–Kier alpha value is -3.11. The molecule has 1 aromatic carbocycles. The molecule has 0 radical (unpaired) electrons. The Labute approximate surface area is 196 Å². The van der Waals surface area contributed by atoms with E-state index in [-0.39, 0.29) is 24.3 Å². The van der Waals surface area contributed by atoms with Gasteiger partial charge in [0.25, 0.3) is 0 Å². The standard InChI is InChI=1S/C23H27N7O2S/c1-32-18-6-2-5-16(13-18)22(29-10-4-11-29)19(31)14-21-27-28-23(33-21)25-17-8-12-30(15-17)20-7-3-9-24-26-20/h2-3,5-7,9,13,17,22H,4,8,10-12,14-15H2,1H3,(H,25,28)/t17-,22+/m1/s1. The van der Waals surface area contributed by atoms with Crippen LogP contribution in [-0.2, 0) is 11.2 Å². The lowest BCUT2D eigenvalue weighted by atomic mass is 9.96. The van der Waals surface area contributed by atoms with Crippen molar-refractivity contribution >= 4 is 28.1 Å². The van der Waals surface area contributed by atoms with E-state index in [0.29, 0.717) is 0 Å². The van der Waals surface area contributed by atoms with Crippen LogP contribution in [0.4, 0.5) is 10.9 Å². The monoisotopic (exact) mass is 465 g/mol. The van der Waals surface area contributed by atoms with Gasteiger partial charge in [-0.2, -0.15) is 5.10 Å². The van der Waals surface area contributed by atoms with Crippen LogP contribution >= 0.6 is 11.3 Å². The minimum absolute atomic E-state index is 0.139. The second-order valence-electron chi connectivity index (χ2n) is 8.37. The fourth-order valence-electron chi connectivity index (χ4n) is 4.36. The van der Waals surface area contributed by atoms with Gasteiger partial charge < -0.3 is 15.0 Å². The van der Waals surface area contributed by atoms with Crippen molar-refractivity contribution in [2.24, 2.45) is 0 Å². The molecular formula is C23H27N7O2S. The zero-order valence-corrected chi connectivity index (χ0v) is 19.4. The molecular weight excluding hydrogens is 438 g/mol. The molecule has 2 aliphatic heterocycles. The predicted molar refractivity (Wildman–Crippen MR) is 127 cm³/mol. The molecule has 2 saturated heterocycles. The van der Waals surface area contributed by atoms with E-state index in [1.165, 1.54) is 11.3 Å². The van der Waals surface area contributed by atoms with Gasteiger partial charge in [-0.25, -0.2) is 0 Å². The summed E-state index contributed by atoms with van der Waals surface area (Å²) in [6, 6.07) is 11.7. The van der Waals surface area contributed by atoms with Crippen molar-refractivity contribution < 1.29 is 9.53 Å². The van der Waals surface area contributed by atoms with E-state index in [9.17, 15) is 4.79 Å². The van der Waals surface area contributed by atoms with Crippen molar-refractivity contribution in [3.05, 3.63) is 53.2 Å². The van der Waals surface area contributed by atoms with Gasteiger partial charge in [0.2, 0.25) is 5.13 Å². The fourth-order valence-corrected chi connectivity index (χ4v) is 5.19. The lowest BCUT2D eigenvalue weighted by Crippen LogP contribution is -2.44. The molecule has 2 fully saturated rings. The second-order valence-corrected chi connectivity index (χ2v) is 9.43. The van der Waals surface area contributed by atoms with Crippen molar-refractivity contribution in [1.29, 1.82) is 0 Å². The zero-order valence-electron chi connectivity index (χ0n) is 18.6. The number of nitrogens with one attached hydrogen (secondary N) is 1. The average Bonchev–Trinajstić information content (AvgIpc) is 3.46. The molecule has 2 aliphatic rings. The maximum absolute atomic E-state index is 13.3. The minimum atomic E-state index is -0.274. The van der Waals surface area contributed by atoms with Crippen LogP contribution in [0.15, 0.2) is 42.6 Å². The number of carbonyl (C=O) groups is 1. The van der Waals surface area contributed by atoms with Crippen LogP contribution in [0, 0.1) is 0 Å². The van der Waals surface area contributed by atoms with E-state index in [1.807, 2.05) is 36.4 Å². The van der Waals surface area contributed by atoms with Crippen molar-refractivity contribution in [3.8, 4) is 5.75 Å². The number of hydrogen-bond acceptors (Lipinski definition) is 10. The third-order valence-corrected chi connectivity index (χ3v) is 7.02. The molecule has 0 saturated carbocycles. The molecule has 172 valence electrons. The molecule has 4 heterocycles. The third-order valence-electron chi connectivity index (χ3n) is 6.16. The molecule has 2 atom stereocenters. The summed E-state index contributed by atoms with van der Waals surface area (Å²) in [5.41, 5.74) is 0.969. The number of rotatable bonds is 9. The number of carbonyl (C=O) groups excluding carboxylic acids is 1. The Kier molecular flexibility index (Phi) is 6.45. The Morgan fingerprint density at radius 2 is 2.12 bits per heavy atom. The summed E-state index contributed by atoms with van der Waals surface area (Å²) in [5.74, 6) is 1.79. The third kappa shape index (κ3) is 4.96. The number of nitrogens with zero attached hydrogens (tertiary/aromatic N) is 6. The number of methoxy groups -OCH3 is 1. The number of likely N-dealkylation sites (tertiary alicyclic amines) is 1. The normalized spacial score (nSPS) is 19.2. The summed E-state index contributed by atoms with van der Waals surface area (Å²) in [4.78, 5) is 17.7. The quantitative estimate of drug-likeness (QED) is 0.511. The van der Waals surface area contributed by atoms with Gasteiger partial charge in [-0.1, -0.05) is 23.5 Å². The molecule has 2 aromatic heterocycles. The van der Waals surface area contributed by atoms with E-state index in [4.69, 9.17) is 4.74 Å². The van der Waals surface area contributed by atoms with Gasteiger partial charge in [-0.3, -0.25) is 9.69 Å². The Morgan fingerprint density at radius 1 is 1.21 bits per heavy atom. The highest BCUT2D eigenvalue weighted by atomic mass is 32.1. The molecule has 0 aliphatic carbocycles. The molecule has 0 unspecified atom stereocenters.